The van der Waals surface area contributed by atoms with Gasteiger partial charge in [-0.1, -0.05) is 18.2 Å². The number of hydrogen-bond acceptors (Lipinski definition) is 4. The fourth-order valence-corrected chi connectivity index (χ4v) is 1.90. The molecule has 5 nitrogen and oxygen atoms in total. The van der Waals surface area contributed by atoms with Crippen molar-refractivity contribution in [1.82, 2.24) is 0 Å². The Balaban J connectivity index is 2.26. The zero-order chi connectivity index (χ0) is 15.4. The van der Waals surface area contributed by atoms with Gasteiger partial charge in [-0.05, 0) is 12.1 Å². The quantitative estimate of drug-likeness (QED) is 0.677. The van der Waals surface area contributed by atoms with Gasteiger partial charge in [0.25, 0.3) is 5.69 Å². The third-order valence-electron chi connectivity index (χ3n) is 2.87. The zero-order valence-electron chi connectivity index (χ0n) is 11.1. The Morgan fingerprint density at radius 2 is 1.95 bits per heavy atom. The van der Waals surface area contributed by atoms with Crippen molar-refractivity contribution in [3.63, 3.8) is 0 Å². The number of halogens is 2. The summed E-state index contributed by atoms with van der Waals surface area (Å²) in [6.45, 7) is -0.127. The molecule has 2 rings (SSSR count). The number of ether oxygens (including phenoxy) is 1. The Morgan fingerprint density at radius 3 is 2.62 bits per heavy atom. The summed E-state index contributed by atoms with van der Waals surface area (Å²) in [7, 11) is 1.54. The van der Waals surface area contributed by atoms with Crippen LogP contribution >= 0.6 is 0 Å². The Hall–Kier alpha value is -2.70. The number of benzene rings is 2. The predicted molar refractivity (Wildman–Crippen MR) is 73.3 cm³/mol. The number of hydrogen-bond donors (Lipinski definition) is 1. The highest BCUT2D eigenvalue weighted by atomic mass is 19.2. The molecule has 1 N–H and O–H groups in total. The van der Waals surface area contributed by atoms with Gasteiger partial charge in [-0.25, -0.2) is 4.39 Å². The average Bonchev–Trinajstić information content (AvgIpc) is 2.48. The van der Waals surface area contributed by atoms with E-state index in [1.54, 1.807) is 6.07 Å². The summed E-state index contributed by atoms with van der Waals surface area (Å²) in [5.41, 5.74) is 0.632. The summed E-state index contributed by atoms with van der Waals surface area (Å²) in [6, 6.07) is 8.04. The second-order valence-corrected chi connectivity index (χ2v) is 4.16. The van der Waals surface area contributed by atoms with Crippen LogP contribution in [0.15, 0.2) is 36.4 Å². The van der Waals surface area contributed by atoms with Crippen LogP contribution in [0.1, 0.15) is 5.56 Å². The van der Waals surface area contributed by atoms with Crippen LogP contribution in [0.4, 0.5) is 20.2 Å². The van der Waals surface area contributed by atoms with E-state index in [2.05, 4.69) is 5.32 Å². The van der Waals surface area contributed by atoms with Crippen LogP contribution in [0.3, 0.4) is 0 Å². The number of nitrogens with one attached hydrogen (secondary N) is 1. The van der Waals surface area contributed by atoms with E-state index in [9.17, 15) is 18.9 Å². The molecule has 0 saturated heterocycles. The molecular formula is C14H12F2N2O3. The van der Waals surface area contributed by atoms with Crippen LogP contribution in [0.25, 0.3) is 0 Å². The highest BCUT2D eigenvalue weighted by molar-refractivity contribution is 5.65. The molecule has 0 unspecified atom stereocenters. The molecule has 0 heterocycles. The van der Waals surface area contributed by atoms with Crippen LogP contribution in [0.2, 0.25) is 0 Å². The van der Waals surface area contributed by atoms with Crippen LogP contribution < -0.4 is 10.1 Å². The predicted octanol–water partition coefficient (Wildman–Crippen LogP) is 3.49. The minimum atomic E-state index is -1.09. The standard InChI is InChI=1S/C14H12F2N2O3/c1-17-14-9(4-2-6-11(14)18(19)20)8-21-12-7-3-5-10(15)13(12)16/h2-7,17H,8H2,1H3. The SMILES string of the molecule is CNc1c(COc2cccc(F)c2F)cccc1[N+](=O)[O-]. The summed E-state index contributed by atoms with van der Waals surface area (Å²) in [6.07, 6.45) is 0. The van der Waals surface area contributed by atoms with Crippen LogP contribution in [0, 0.1) is 21.7 Å². The van der Waals surface area contributed by atoms with Gasteiger partial charge in [-0.3, -0.25) is 10.1 Å². The summed E-state index contributed by atoms with van der Waals surface area (Å²) < 4.78 is 31.7. The summed E-state index contributed by atoms with van der Waals surface area (Å²) in [5.74, 6) is -2.35. The lowest BCUT2D eigenvalue weighted by Gasteiger charge is -2.11. The van der Waals surface area contributed by atoms with Gasteiger partial charge in [0.15, 0.2) is 11.6 Å². The topological polar surface area (TPSA) is 64.4 Å². The number of rotatable bonds is 5. The molecule has 0 aliphatic heterocycles. The van der Waals surface area contributed by atoms with Crippen molar-refractivity contribution in [3.8, 4) is 5.75 Å². The van der Waals surface area contributed by atoms with Gasteiger partial charge in [0.1, 0.15) is 12.3 Å². The van der Waals surface area contributed by atoms with Crippen LogP contribution in [0.5, 0.6) is 5.75 Å². The van der Waals surface area contributed by atoms with Crippen molar-refractivity contribution >= 4 is 11.4 Å². The zero-order valence-corrected chi connectivity index (χ0v) is 11.1. The molecular weight excluding hydrogens is 282 g/mol. The van der Waals surface area contributed by atoms with E-state index in [1.165, 1.54) is 31.3 Å². The lowest BCUT2D eigenvalue weighted by atomic mass is 10.1. The molecule has 110 valence electrons. The highest BCUT2D eigenvalue weighted by Crippen LogP contribution is 2.29. The molecule has 0 spiro atoms. The minimum Gasteiger partial charge on any atom is -0.486 e. The summed E-state index contributed by atoms with van der Waals surface area (Å²) >= 11 is 0. The Morgan fingerprint density at radius 1 is 1.24 bits per heavy atom. The van der Waals surface area contributed by atoms with E-state index in [1.807, 2.05) is 0 Å². The van der Waals surface area contributed by atoms with Gasteiger partial charge < -0.3 is 10.1 Å². The van der Waals surface area contributed by atoms with E-state index in [0.717, 1.165) is 6.07 Å². The van der Waals surface area contributed by atoms with Gasteiger partial charge in [-0.2, -0.15) is 4.39 Å². The number of nitro benzene ring substituents is 1. The van der Waals surface area contributed by atoms with E-state index >= 15 is 0 Å². The number of para-hydroxylation sites is 1. The highest BCUT2D eigenvalue weighted by Gasteiger charge is 2.17. The molecule has 7 heteroatoms. The van der Waals surface area contributed by atoms with Crippen molar-refractivity contribution in [2.45, 2.75) is 6.61 Å². The first-order valence-corrected chi connectivity index (χ1v) is 6.05. The first-order valence-electron chi connectivity index (χ1n) is 6.05. The third-order valence-corrected chi connectivity index (χ3v) is 2.87. The number of nitro groups is 1. The maximum atomic E-state index is 13.5. The average molecular weight is 294 g/mol. The monoisotopic (exact) mass is 294 g/mol. The molecule has 2 aromatic carbocycles. The summed E-state index contributed by atoms with van der Waals surface area (Å²) in [4.78, 5) is 10.4. The second kappa shape index (κ2) is 6.17. The Bertz CT molecular complexity index is 677. The van der Waals surface area contributed by atoms with Crippen molar-refractivity contribution in [3.05, 3.63) is 63.7 Å². The van der Waals surface area contributed by atoms with Gasteiger partial charge in [-0.15, -0.1) is 0 Å². The second-order valence-electron chi connectivity index (χ2n) is 4.16. The van der Waals surface area contributed by atoms with Crippen molar-refractivity contribution in [1.29, 1.82) is 0 Å². The fraction of sp³-hybridized carbons (Fsp3) is 0.143. The van der Waals surface area contributed by atoms with E-state index in [4.69, 9.17) is 4.74 Å². The molecule has 2 aromatic rings. The molecule has 0 atom stereocenters. The largest absolute Gasteiger partial charge is 0.486 e. The molecule has 0 bridgehead atoms. The summed E-state index contributed by atoms with van der Waals surface area (Å²) in [5, 5.41) is 13.6. The molecule has 0 aliphatic carbocycles. The molecule has 0 fully saturated rings. The molecule has 0 amide bonds. The minimum absolute atomic E-state index is 0.113. The lowest BCUT2D eigenvalue weighted by Crippen LogP contribution is -2.05. The Kier molecular flexibility index (Phi) is 4.32. The molecule has 21 heavy (non-hydrogen) atoms. The van der Waals surface area contributed by atoms with Gasteiger partial charge >= 0.3 is 0 Å². The number of nitrogens with zero attached hydrogens (tertiary/aromatic N) is 1. The van der Waals surface area contributed by atoms with E-state index in [0.29, 0.717) is 5.56 Å². The maximum Gasteiger partial charge on any atom is 0.292 e. The van der Waals surface area contributed by atoms with E-state index < -0.39 is 16.6 Å². The van der Waals surface area contributed by atoms with E-state index in [-0.39, 0.29) is 23.7 Å². The van der Waals surface area contributed by atoms with Crippen molar-refractivity contribution < 1.29 is 18.4 Å². The maximum absolute atomic E-state index is 13.5. The van der Waals surface area contributed by atoms with Crippen LogP contribution in [-0.2, 0) is 6.61 Å². The van der Waals surface area contributed by atoms with Crippen LogP contribution in [-0.4, -0.2) is 12.0 Å². The van der Waals surface area contributed by atoms with Crippen molar-refractivity contribution in [2.75, 3.05) is 12.4 Å². The smallest absolute Gasteiger partial charge is 0.292 e. The van der Waals surface area contributed by atoms with Crippen molar-refractivity contribution in [2.24, 2.45) is 0 Å². The molecule has 0 aromatic heterocycles. The molecule has 0 saturated carbocycles. The third kappa shape index (κ3) is 3.07. The Labute approximate surface area is 119 Å². The molecule has 0 radical (unpaired) electrons. The molecule has 0 aliphatic rings. The van der Waals surface area contributed by atoms with Gasteiger partial charge in [0.05, 0.1) is 4.92 Å². The first kappa shape index (κ1) is 14.7. The first-order chi connectivity index (χ1) is 10.0. The lowest BCUT2D eigenvalue weighted by molar-refractivity contribution is -0.384. The van der Waals surface area contributed by atoms with Gasteiger partial charge in [0.2, 0.25) is 5.82 Å². The number of anilines is 1. The fourth-order valence-electron chi connectivity index (χ4n) is 1.90. The van der Waals surface area contributed by atoms with Gasteiger partial charge in [0, 0.05) is 18.7 Å². The normalized spacial score (nSPS) is 10.2.